The van der Waals surface area contributed by atoms with Gasteiger partial charge in [-0.1, -0.05) is 24.3 Å². The van der Waals surface area contributed by atoms with Gasteiger partial charge in [0.05, 0.1) is 6.04 Å². The number of hydrogen-bond acceptors (Lipinski definition) is 3. The van der Waals surface area contributed by atoms with E-state index in [0.29, 0.717) is 6.54 Å². The molecule has 1 aromatic rings. The largest absolute Gasteiger partial charge is 0.454 e. The van der Waals surface area contributed by atoms with Crippen molar-refractivity contribution in [2.75, 3.05) is 13.3 Å². The molecule has 1 aliphatic heterocycles. The highest BCUT2D eigenvalue weighted by molar-refractivity contribution is 5.92. The van der Waals surface area contributed by atoms with Crippen molar-refractivity contribution in [3.8, 4) is 11.5 Å². The second-order valence-electron chi connectivity index (χ2n) is 5.53. The van der Waals surface area contributed by atoms with Crippen molar-refractivity contribution in [3.05, 3.63) is 53.6 Å². The van der Waals surface area contributed by atoms with Gasteiger partial charge in [-0.2, -0.15) is 0 Å². The van der Waals surface area contributed by atoms with E-state index in [-0.39, 0.29) is 18.7 Å². The summed E-state index contributed by atoms with van der Waals surface area (Å²) in [7, 11) is 0. The summed E-state index contributed by atoms with van der Waals surface area (Å²) < 4.78 is 10.7. The first-order chi connectivity index (χ1) is 11.6. The lowest BCUT2D eigenvalue weighted by atomic mass is 10.1. The lowest BCUT2D eigenvalue weighted by Crippen LogP contribution is -2.38. The predicted octanol–water partition coefficient (Wildman–Crippen LogP) is 4.19. The van der Waals surface area contributed by atoms with Crippen molar-refractivity contribution in [2.24, 2.45) is 0 Å². The summed E-state index contributed by atoms with van der Waals surface area (Å²) in [6.07, 6.45) is 9.50. The average Bonchev–Trinajstić information content (AvgIpc) is 3.06. The topological polar surface area (TPSA) is 38.8 Å². The van der Waals surface area contributed by atoms with E-state index in [1.54, 1.807) is 6.08 Å². The maximum Gasteiger partial charge on any atom is 0.247 e. The minimum absolute atomic E-state index is 0.00785. The Morgan fingerprint density at radius 3 is 2.67 bits per heavy atom. The molecule has 0 N–H and O–H groups in total. The van der Waals surface area contributed by atoms with Crippen LogP contribution in [0.3, 0.4) is 0 Å². The van der Waals surface area contributed by atoms with Gasteiger partial charge in [0.25, 0.3) is 0 Å². The first-order valence-corrected chi connectivity index (χ1v) is 8.27. The molecule has 1 aliphatic rings. The van der Waals surface area contributed by atoms with Gasteiger partial charge in [0.2, 0.25) is 12.7 Å². The van der Waals surface area contributed by atoms with Crippen LogP contribution in [0.5, 0.6) is 11.5 Å². The first kappa shape index (κ1) is 17.9. The van der Waals surface area contributed by atoms with Gasteiger partial charge < -0.3 is 14.4 Å². The Bertz CT molecular complexity index is 673. The number of rotatable bonds is 6. The number of benzene rings is 1. The second kappa shape index (κ2) is 8.39. The molecule has 1 atom stereocenters. The molecule has 1 unspecified atom stereocenters. The Hall–Kier alpha value is -2.49. The Morgan fingerprint density at radius 2 is 2.00 bits per heavy atom. The summed E-state index contributed by atoms with van der Waals surface area (Å²) in [5.74, 6) is 1.45. The number of ether oxygens (including phenoxy) is 2. The number of likely N-dealkylation sites (N-methyl/N-ethyl adjacent to an activating group) is 1. The number of allylic oxidation sites excluding steroid dienone is 2. The maximum atomic E-state index is 12.6. The zero-order valence-electron chi connectivity index (χ0n) is 14.8. The molecule has 0 saturated heterocycles. The average molecular weight is 327 g/mol. The molecule has 0 aromatic heterocycles. The van der Waals surface area contributed by atoms with Gasteiger partial charge in [0.15, 0.2) is 11.5 Å². The van der Waals surface area contributed by atoms with E-state index < -0.39 is 0 Å². The number of nitrogens with zero attached hydrogens (tertiary/aromatic N) is 1. The van der Waals surface area contributed by atoms with E-state index in [9.17, 15) is 4.79 Å². The van der Waals surface area contributed by atoms with E-state index in [1.165, 1.54) is 0 Å². The fourth-order valence-electron chi connectivity index (χ4n) is 2.75. The summed E-state index contributed by atoms with van der Waals surface area (Å²) in [5.41, 5.74) is 2.04. The van der Waals surface area contributed by atoms with Gasteiger partial charge in [-0.3, -0.25) is 4.79 Å². The zero-order chi connectivity index (χ0) is 17.5. The van der Waals surface area contributed by atoms with Gasteiger partial charge in [-0.05, 0) is 57.0 Å². The fourth-order valence-corrected chi connectivity index (χ4v) is 2.75. The van der Waals surface area contributed by atoms with Crippen LogP contribution in [0, 0.1) is 0 Å². The number of amides is 1. The molecule has 1 aromatic carbocycles. The van der Waals surface area contributed by atoms with Crippen molar-refractivity contribution in [1.29, 1.82) is 0 Å². The van der Waals surface area contributed by atoms with E-state index >= 15 is 0 Å². The van der Waals surface area contributed by atoms with Gasteiger partial charge in [0.1, 0.15) is 0 Å². The van der Waals surface area contributed by atoms with E-state index in [0.717, 1.165) is 22.6 Å². The summed E-state index contributed by atoms with van der Waals surface area (Å²) in [6, 6.07) is 5.68. The number of carbonyl (C=O) groups excluding carboxylic acids is 1. The van der Waals surface area contributed by atoms with Gasteiger partial charge in [-0.15, -0.1) is 0 Å². The van der Waals surface area contributed by atoms with Gasteiger partial charge in [-0.25, -0.2) is 0 Å². The number of carbonyl (C=O) groups is 1. The van der Waals surface area contributed by atoms with E-state index in [1.807, 2.05) is 75.1 Å². The smallest absolute Gasteiger partial charge is 0.247 e. The first-order valence-electron chi connectivity index (χ1n) is 8.27. The molecule has 128 valence electrons. The van der Waals surface area contributed by atoms with Crippen molar-refractivity contribution < 1.29 is 14.3 Å². The molecule has 0 spiro atoms. The second-order valence-corrected chi connectivity index (χ2v) is 5.53. The molecule has 0 aliphatic carbocycles. The molecular formula is C20H25NO3. The quantitative estimate of drug-likeness (QED) is 0.581. The van der Waals surface area contributed by atoms with Crippen LogP contribution in [0.25, 0.3) is 6.08 Å². The third kappa shape index (κ3) is 4.07. The molecule has 4 heteroatoms. The van der Waals surface area contributed by atoms with Crippen LogP contribution in [0.1, 0.15) is 33.3 Å². The minimum Gasteiger partial charge on any atom is -0.454 e. The maximum absolute atomic E-state index is 12.6. The Balaban J connectivity index is 2.11. The van der Waals surface area contributed by atoms with Crippen LogP contribution < -0.4 is 9.47 Å². The molecule has 0 saturated carbocycles. The number of hydrogen-bond donors (Lipinski definition) is 0. The zero-order valence-corrected chi connectivity index (χ0v) is 14.8. The van der Waals surface area contributed by atoms with Crippen LogP contribution in [0.2, 0.25) is 0 Å². The van der Waals surface area contributed by atoms with Gasteiger partial charge in [0, 0.05) is 12.6 Å². The van der Waals surface area contributed by atoms with Crippen molar-refractivity contribution in [3.63, 3.8) is 0 Å². The van der Waals surface area contributed by atoms with E-state index in [2.05, 4.69) is 0 Å². The monoisotopic (exact) mass is 327 g/mol. The van der Waals surface area contributed by atoms with Crippen LogP contribution >= 0.6 is 0 Å². The normalized spacial score (nSPS) is 15.2. The van der Waals surface area contributed by atoms with Crippen LogP contribution in [-0.2, 0) is 4.79 Å². The highest BCUT2D eigenvalue weighted by atomic mass is 16.7. The van der Waals surface area contributed by atoms with Crippen molar-refractivity contribution in [1.82, 2.24) is 4.90 Å². The van der Waals surface area contributed by atoms with Crippen molar-refractivity contribution in [2.45, 2.75) is 33.7 Å². The molecule has 1 heterocycles. The fraction of sp³-hybridized carbons (Fsp3) is 0.350. The highest BCUT2D eigenvalue weighted by Crippen LogP contribution is 2.32. The molecule has 2 rings (SSSR count). The standard InChI is InChI=1S/C20H25NO3/c1-5-8-17(6-2)15(4)21(7-3)20(22)12-10-16-9-11-18-19(13-16)24-14-23-18/h5-6,8-13,15H,7,14H2,1-4H3/b8-5-,12-10+,17-6+. The summed E-state index contributed by atoms with van der Waals surface area (Å²) in [4.78, 5) is 14.4. The molecule has 1 amide bonds. The Kier molecular flexibility index (Phi) is 6.24. The lowest BCUT2D eigenvalue weighted by molar-refractivity contribution is -0.126. The molecule has 24 heavy (non-hydrogen) atoms. The third-order valence-corrected chi connectivity index (χ3v) is 4.08. The minimum atomic E-state index is -0.00785. The van der Waals surface area contributed by atoms with Crippen LogP contribution in [0.4, 0.5) is 0 Å². The predicted molar refractivity (Wildman–Crippen MR) is 97.0 cm³/mol. The molecule has 0 bridgehead atoms. The van der Waals surface area contributed by atoms with Crippen LogP contribution in [0.15, 0.2) is 48.1 Å². The molecule has 0 radical (unpaired) electrons. The van der Waals surface area contributed by atoms with Crippen molar-refractivity contribution >= 4 is 12.0 Å². The number of fused-ring (bicyclic) bond motifs is 1. The highest BCUT2D eigenvalue weighted by Gasteiger charge is 2.18. The lowest BCUT2D eigenvalue weighted by Gasteiger charge is -2.28. The SMILES string of the molecule is C/C=C\C(=C/C)C(C)N(CC)C(=O)/C=C/c1ccc2c(c1)OCO2. The van der Waals surface area contributed by atoms with Crippen LogP contribution in [-0.4, -0.2) is 30.2 Å². The summed E-state index contributed by atoms with van der Waals surface area (Å²) in [6.45, 7) is 8.91. The Morgan fingerprint density at radius 1 is 1.25 bits per heavy atom. The summed E-state index contributed by atoms with van der Waals surface area (Å²) >= 11 is 0. The van der Waals surface area contributed by atoms with E-state index in [4.69, 9.17) is 9.47 Å². The summed E-state index contributed by atoms with van der Waals surface area (Å²) in [5, 5.41) is 0. The van der Waals surface area contributed by atoms with Gasteiger partial charge >= 0.3 is 0 Å². The molecule has 4 nitrogen and oxygen atoms in total. The molecular weight excluding hydrogens is 302 g/mol. The molecule has 0 fully saturated rings. The third-order valence-electron chi connectivity index (χ3n) is 4.08. The Labute approximate surface area is 144 Å².